The van der Waals surface area contributed by atoms with E-state index in [1.165, 1.54) is 0 Å². The molecule has 0 aliphatic carbocycles. The minimum Gasteiger partial charge on any atom is -0.494 e. The van der Waals surface area contributed by atoms with E-state index < -0.39 is 0 Å². The molecule has 3 rings (SSSR count). The Hall–Kier alpha value is -2.40. The van der Waals surface area contributed by atoms with Gasteiger partial charge in [-0.2, -0.15) is 0 Å². The van der Waals surface area contributed by atoms with Gasteiger partial charge in [-0.05, 0) is 60.7 Å². The SMILES string of the molecule is CCCOc1ccc(CCC(=O)Nc2ccc3c(c2F)CCNC3)cc1. The standard InChI is InChI=1S/C21H25FN2O2/c1-2-13-26-17-7-3-15(4-8-17)5-10-20(25)24-19-9-6-16-14-23-12-11-18(16)21(19)22/h3-4,6-9,23H,2,5,10-14H2,1H3,(H,24,25). The number of rotatable bonds is 7. The Morgan fingerprint density at radius 1 is 1.23 bits per heavy atom. The highest BCUT2D eigenvalue weighted by Crippen LogP contribution is 2.24. The molecule has 4 nitrogen and oxygen atoms in total. The lowest BCUT2D eigenvalue weighted by atomic mass is 9.99. The summed E-state index contributed by atoms with van der Waals surface area (Å²) in [6.45, 7) is 4.21. The van der Waals surface area contributed by atoms with Gasteiger partial charge < -0.3 is 15.4 Å². The first-order valence-corrected chi connectivity index (χ1v) is 9.20. The number of ether oxygens (including phenoxy) is 1. The lowest BCUT2D eigenvalue weighted by Crippen LogP contribution is -2.25. The Morgan fingerprint density at radius 3 is 2.81 bits per heavy atom. The van der Waals surface area contributed by atoms with Crippen molar-refractivity contribution in [2.45, 2.75) is 39.2 Å². The van der Waals surface area contributed by atoms with E-state index in [9.17, 15) is 9.18 Å². The van der Waals surface area contributed by atoms with Gasteiger partial charge in [0.1, 0.15) is 11.6 Å². The maximum Gasteiger partial charge on any atom is 0.224 e. The van der Waals surface area contributed by atoms with E-state index in [0.717, 1.165) is 29.8 Å². The van der Waals surface area contributed by atoms with Gasteiger partial charge in [-0.15, -0.1) is 0 Å². The van der Waals surface area contributed by atoms with Gasteiger partial charge in [-0.3, -0.25) is 4.79 Å². The smallest absolute Gasteiger partial charge is 0.224 e. The van der Waals surface area contributed by atoms with Gasteiger partial charge >= 0.3 is 0 Å². The molecule has 0 bridgehead atoms. The molecule has 1 amide bonds. The molecule has 5 heteroatoms. The van der Waals surface area contributed by atoms with E-state index in [4.69, 9.17) is 4.74 Å². The largest absolute Gasteiger partial charge is 0.494 e. The fourth-order valence-corrected chi connectivity index (χ4v) is 3.07. The second-order valence-electron chi connectivity index (χ2n) is 6.53. The Morgan fingerprint density at radius 2 is 2.04 bits per heavy atom. The molecule has 1 heterocycles. The number of hydrogen-bond acceptors (Lipinski definition) is 3. The van der Waals surface area contributed by atoms with E-state index in [2.05, 4.69) is 17.6 Å². The Bertz CT molecular complexity index is 759. The van der Waals surface area contributed by atoms with Crippen LogP contribution in [0.2, 0.25) is 0 Å². The molecular formula is C21H25FN2O2. The van der Waals surface area contributed by atoms with Crippen LogP contribution >= 0.6 is 0 Å². The summed E-state index contributed by atoms with van der Waals surface area (Å²) in [5.74, 6) is 0.365. The molecule has 2 N–H and O–H groups in total. The van der Waals surface area contributed by atoms with Crippen LogP contribution in [0.4, 0.5) is 10.1 Å². The van der Waals surface area contributed by atoms with Gasteiger partial charge in [0.2, 0.25) is 5.91 Å². The van der Waals surface area contributed by atoms with Crippen LogP contribution in [0.15, 0.2) is 36.4 Å². The van der Waals surface area contributed by atoms with Crippen molar-refractivity contribution in [3.63, 3.8) is 0 Å². The highest BCUT2D eigenvalue weighted by Gasteiger charge is 2.17. The zero-order valence-corrected chi connectivity index (χ0v) is 15.1. The number of fused-ring (bicyclic) bond motifs is 1. The maximum absolute atomic E-state index is 14.6. The van der Waals surface area contributed by atoms with Crippen molar-refractivity contribution in [3.05, 3.63) is 58.9 Å². The van der Waals surface area contributed by atoms with Gasteiger partial charge in [0.05, 0.1) is 12.3 Å². The van der Waals surface area contributed by atoms with Crippen molar-refractivity contribution in [1.82, 2.24) is 5.32 Å². The van der Waals surface area contributed by atoms with Crippen molar-refractivity contribution in [2.24, 2.45) is 0 Å². The first-order valence-electron chi connectivity index (χ1n) is 9.20. The summed E-state index contributed by atoms with van der Waals surface area (Å²) in [6, 6.07) is 11.3. The first-order chi connectivity index (χ1) is 12.7. The maximum atomic E-state index is 14.6. The quantitative estimate of drug-likeness (QED) is 0.793. The highest BCUT2D eigenvalue weighted by molar-refractivity contribution is 5.91. The average Bonchev–Trinajstić information content (AvgIpc) is 2.68. The minimum absolute atomic E-state index is 0.177. The summed E-state index contributed by atoms with van der Waals surface area (Å²) in [5, 5.41) is 5.93. The van der Waals surface area contributed by atoms with Gasteiger partial charge in [0.25, 0.3) is 0 Å². The van der Waals surface area contributed by atoms with E-state index in [1.807, 2.05) is 30.3 Å². The second-order valence-corrected chi connectivity index (χ2v) is 6.53. The lowest BCUT2D eigenvalue weighted by molar-refractivity contribution is -0.116. The van der Waals surface area contributed by atoms with Crippen molar-refractivity contribution in [2.75, 3.05) is 18.5 Å². The number of benzene rings is 2. The molecule has 0 spiro atoms. The number of anilines is 1. The lowest BCUT2D eigenvalue weighted by Gasteiger charge is -2.19. The summed E-state index contributed by atoms with van der Waals surface area (Å²) < 4.78 is 20.1. The molecule has 0 aromatic heterocycles. The normalized spacial score (nSPS) is 13.2. The fourth-order valence-electron chi connectivity index (χ4n) is 3.07. The molecule has 0 atom stereocenters. The summed E-state index contributed by atoms with van der Waals surface area (Å²) in [4.78, 5) is 12.2. The van der Waals surface area contributed by atoms with E-state index in [0.29, 0.717) is 38.0 Å². The van der Waals surface area contributed by atoms with Crippen molar-refractivity contribution >= 4 is 11.6 Å². The van der Waals surface area contributed by atoms with Crippen LogP contribution in [0, 0.1) is 5.82 Å². The highest BCUT2D eigenvalue weighted by atomic mass is 19.1. The Labute approximate surface area is 153 Å². The zero-order valence-electron chi connectivity index (χ0n) is 15.1. The molecule has 0 unspecified atom stereocenters. The summed E-state index contributed by atoms with van der Waals surface area (Å²) >= 11 is 0. The first kappa shape index (κ1) is 18.4. The van der Waals surface area contributed by atoms with E-state index >= 15 is 0 Å². The summed E-state index contributed by atoms with van der Waals surface area (Å²) in [7, 11) is 0. The van der Waals surface area contributed by atoms with E-state index in [-0.39, 0.29) is 17.4 Å². The zero-order chi connectivity index (χ0) is 18.4. The van der Waals surface area contributed by atoms with E-state index in [1.54, 1.807) is 6.07 Å². The Kier molecular flexibility index (Phi) is 6.23. The predicted octanol–water partition coefficient (Wildman–Crippen LogP) is 3.83. The summed E-state index contributed by atoms with van der Waals surface area (Å²) in [6.07, 6.45) is 2.54. The van der Waals surface area contributed by atoms with Crippen LogP contribution in [0.25, 0.3) is 0 Å². The van der Waals surface area contributed by atoms with Crippen LogP contribution < -0.4 is 15.4 Å². The molecular weight excluding hydrogens is 331 g/mol. The number of carbonyl (C=O) groups excluding carboxylic acids is 1. The monoisotopic (exact) mass is 356 g/mol. The van der Waals surface area contributed by atoms with Crippen LogP contribution in [0.3, 0.4) is 0 Å². The molecule has 138 valence electrons. The molecule has 0 fully saturated rings. The van der Waals surface area contributed by atoms with Crippen molar-refractivity contribution in [1.29, 1.82) is 0 Å². The average molecular weight is 356 g/mol. The van der Waals surface area contributed by atoms with Gasteiger partial charge in [0, 0.05) is 13.0 Å². The topological polar surface area (TPSA) is 50.4 Å². The van der Waals surface area contributed by atoms with Crippen molar-refractivity contribution < 1.29 is 13.9 Å². The second kappa shape index (κ2) is 8.81. The predicted molar refractivity (Wildman–Crippen MR) is 101 cm³/mol. The molecule has 26 heavy (non-hydrogen) atoms. The number of carbonyl (C=O) groups is 1. The minimum atomic E-state index is -0.297. The Balaban J connectivity index is 1.54. The summed E-state index contributed by atoms with van der Waals surface area (Å²) in [5.41, 5.74) is 3.02. The third kappa shape index (κ3) is 4.61. The van der Waals surface area contributed by atoms with Gasteiger partial charge in [-0.25, -0.2) is 4.39 Å². The number of aryl methyl sites for hydroxylation is 1. The van der Waals surface area contributed by atoms with Crippen LogP contribution in [0.1, 0.15) is 36.5 Å². The third-order valence-electron chi connectivity index (χ3n) is 4.52. The third-order valence-corrected chi connectivity index (χ3v) is 4.52. The molecule has 0 radical (unpaired) electrons. The molecule has 1 aliphatic heterocycles. The number of hydrogen-bond donors (Lipinski definition) is 2. The van der Waals surface area contributed by atoms with Gasteiger partial charge in [-0.1, -0.05) is 25.1 Å². The van der Waals surface area contributed by atoms with Crippen LogP contribution in [0.5, 0.6) is 5.75 Å². The van der Waals surface area contributed by atoms with Crippen LogP contribution in [-0.2, 0) is 24.2 Å². The molecule has 0 saturated heterocycles. The van der Waals surface area contributed by atoms with Gasteiger partial charge in [0.15, 0.2) is 0 Å². The number of amides is 1. The molecule has 2 aromatic rings. The van der Waals surface area contributed by atoms with Crippen LogP contribution in [-0.4, -0.2) is 19.1 Å². The number of halogens is 1. The molecule has 2 aromatic carbocycles. The molecule has 1 aliphatic rings. The van der Waals surface area contributed by atoms with Crippen molar-refractivity contribution in [3.8, 4) is 5.75 Å². The number of nitrogens with one attached hydrogen (secondary N) is 2. The fraction of sp³-hybridized carbons (Fsp3) is 0.381. The molecule has 0 saturated carbocycles.